The molecule has 23 heavy (non-hydrogen) atoms. The third-order valence-corrected chi connectivity index (χ3v) is 2.86. The second kappa shape index (κ2) is 9.70. The van der Waals surface area contributed by atoms with Crippen LogP contribution in [0.25, 0.3) is 0 Å². The van der Waals surface area contributed by atoms with Crippen LogP contribution in [0.4, 0.5) is 4.39 Å². The number of nitrogens with one attached hydrogen (secondary N) is 4. The Labute approximate surface area is 138 Å². The Balaban J connectivity index is 2.31. The van der Waals surface area contributed by atoms with E-state index >= 15 is 0 Å². The molecule has 1 rings (SSSR count). The number of methoxy groups -OCH3 is 1. The minimum absolute atomic E-state index is 0.0299. The zero-order valence-electron chi connectivity index (χ0n) is 12.8. The van der Waals surface area contributed by atoms with Crippen LogP contribution in [0.15, 0.2) is 24.3 Å². The summed E-state index contributed by atoms with van der Waals surface area (Å²) in [4.78, 5) is 23.3. The maximum atomic E-state index is 13.4. The Morgan fingerprint density at radius 3 is 2.65 bits per heavy atom. The highest BCUT2D eigenvalue weighted by atomic mass is 32.1. The number of thiocarbonyl (C=S) groups is 1. The van der Waals surface area contributed by atoms with Gasteiger partial charge in [-0.15, -0.1) is 0 Å². The Morgan fingerprint density at radius 1 is 1.30 bits per heavy atom. The molecule has 0 saturated heterocycles. The highest BCUT2D eigenvalue weighted by molar-refractivity contribution is 7.80. The van der Waals surface area contributed by atoms with Gasteiger partial charge in [-0.2, -0.15) is 0 Å². The molecule has 0 heterocycles. The van der Waals surface area contributed by atoms with E-state index in [0.717, 1.165) is 0 Å². The first-order valence-electron chi connectivity index (χ1n) is 6.81. The first-order chi connectivity index (χ1) is 10.9. The second-order valence-electron chi connectivity index (χ2n) is 4.67. The van der Waals surface area contributed by atoms with E-state index in [4.69, 9.17) is 17.0 Å². The Kier molecular flexibility index (Phi) is 7.92. The van der Waals surface area contributed by atoms with Gasteiger partial charge in [-0.25, -0.2) is 4.39 Å². The van der Waals surface area contributed by atoms with Gasteiger partial charge in [0.15, 0.2) is 5.11 Å². The predicted molar refractivity (Wildman–Crippen MR) is 87.1 cm³/mol. The fraction of sp³-hybridized carbons (Fsp3) is 0.357. The van der Waals surface area contributed by atoms with Crippen LogP contribution in [0, 0.1) is 5.82 Å². The van der Waals surface area contributed by atoms with Gasteiger partial charge in [0.05, 0.1) is 18.7 Å². The van der Waals surface area contributed by atoms with Crippen molar-refractivity contribution in [2.24, 2.45) is 0 Å². The quantitative estimate of drug-likeness (QED) is 0.433. The average molecular weight is 342 g/mol. The van der Waals surface area contributed by atoms with E-state index in [1.165, 1.54) is 24.3 Å². The molecule has 2 amide bonds. The van der Waals surface area contributed by atoms with Crippen LogP contribution in [-0.2, 0) is 9.53 Å². The first kappa shape index (κ1) is 18.8. The van der Waals surface area contributed by atoms with E-state index in [9.17, 15) is 14.0 Å². The second-order valence-corrected chi connectivity index (χ2v) is 5.07. The lowest BCUT2D eigenvalue weighted by Crippen LogP contribution is -2.52. The lowest BCUT2D eigenvalue weighted by Gasteiger charge is -2.16. The summed E-state index contributed by atoms with van der Waals surface area (Å²) in [6.07, 6.45) is 0. The third-order valence-electron chi connectivity index (χ3n) is 2.64. The van der Waals surface area contributed by atoms with Crippen LogP contribution in [0.3, 0.4) is 0 Å². The van der Waals surface area contributed by atoms with Gasteiger partial charge in [0.2, 0.25) is 0 Å². The molecule has 0 saturated carbocycles. The Hall–Kier alpha value is -2.26. The number of carbonyl (C=O) groups is 2. The molecule has 1 atom stereocenters. The van der Waals surface area contributed by atoms with Crippen LogP contribution < -0.4 is 21.5 Å². The standard InChI is InChI=1S/C14H19FN4O3S/c1-9(8-22-2)17-14(23)19-18-12(20)7-16-13(21)10-5-3-4-6-11(10)15/h3-6,9H,7-8H2,1-2H3,(H,16,21)(H,18,20)(H2,17,19,23)/t9-/m1/s1. The molecule has 0 aromatic heterocycles. The topological polar surface area (TPSA) is 91.5 Å². The van der Waals surface area contributed by atoms with Gasteiger partial charge in [0.1, 0.15) is 5.82 Å². The van der Waals surface area contributed by atoms with E-state index in [-0.39, 0.29) is 23.3 Å². The summed E-state index contributed by atoms with van der Waals surface area (Å²) in [5, 5.41) is 5.40. The fourth-order valence-electron chi connectivity index (χ4n) is 1.62. The predicted octanol–water partition coefficient (Wildman–Crippen LogP) is 0.0857. The molecule has 0 unspecified atom stereocenters. The highest BCUT2D eigenvalue weighted by Gasteiger charge is 2.12. The molecule has 7 nitrogen and oxygen atoms in total. The fourth-order valence-corrected chi connectivity index (χ4v) is 1.88. The van der Waals surface area contributed by atoms with Crippen molar-refractivity contribution in [2.45, 2.75) is 13.0 Å². The lowest BCUT2D eigenvalue weighted by molar-refractivity contribution is -0.120. The third kappa shape index (κ3) is 7.02. The summed E-state index contributed by atoms with van der Waals surface area (Å²) < 4.78 is 18.3. The van der Waals surface area contributed by atoms with Crippen molar-refractivity contribution in [3.8, 4) is 0 Å². The zero-order chi connectivity index (χ0) is 17.2. The maximum Gasteiger partial charge on any atom is 0.257 e. The molecule has 9 heteroatoms. The number of hydrogen-bond donors (Lipinski definition) is 4. The van der Waals surface area contributed by atoms with Crippen molar-refractivity contribution in [3.63, 3.8) is 0 Å². The van der Waals surface area contributed by atoms with Crippen LogP contribution in [0.2, 0.25) is 0 Å². The van der Waals surface area contributed by atoms with Crippen LogP contribution in [0.5, 0.6) is 0 Å². The van der Waals surface area contributed by atoms with Crippen molar-refractivity contribution < 1.29 is 18.7 Å². The van der Waals surface area contributed by atoms with Gasteiger partial charge in [0, 0.05) is 13.2 Å². The highest BCUT2D eigenvalue weighted by Crippen LogP contribution is 2.05. The molecule has 0 bridgehead atoms. The molecule has 4 N–H and O–H groups in total. The van der Waals surface area contributed by atoms with Crippen LogP contribution >= 0.6 is 12.2 Å². The van der Waals surface area contributed by atoms with Gasteiger partial charge in [-0.1, -0.05) is 12.1 Å². The van der Waals surface area contributed by atoms with E-state index in [0.29, 0.717) is 6.61 Å². The van der Waals surface area contributed by atoms with Crippen LogP contribution in [0.1, 0.15) is 17.3 Å². The number of halogens is 1. The van der Waals surface area contributed by atoms with Crippen molar-refractivity contribution in [1.29, 1.82) is 0 Å². The van der Waals surface area contributed by atoms with Crippen molar-refractivity contribution in [1.82, 2.24) is 21.5 Å². The van der Waals surface area contributed by atoms with E-state index in [2.05, 4.69) is 21.5 Å². The van der Waals surface area contributed by atoms with Gasteiger partial charge < -0.3 is 15.4 Å². The van der Waals surface area contributed by atoms with Gasteiger partial charge in [-0.3, -0.25) is 20.4 Å². The Bertz CT molecular complexity index is 571. The summed E-state index contributed by atoms with van der Waals surface area (Å²) >= 11 is 4.96. The number of hydrazine groups is 1. The van der Waals surface area contributed by atoms with Gasteiger partial charge in [-0.05, 0) is 31.3 Å². The molecule has 0 spiro atoms. The maximum absolute atomic E-state index is 13.4. The van der Waals surface area contributed by atoms with E-state index < -0.39 is 17.6 Å². The molecule has 0 radical (unpaired) electrons. The number of hydrogen-bond acceptors (Lipinski definition) is 4. The van der Waals surface area contributed by atoms with Gasteiger partial charge >= 0.3 is 0 Å². The smallest absolute Gasteiger partial charge is 0.257 e. The first-order valence-corrected chi connectivity index (χ1v) is 7.22. The number of amides is 2. The van der Waals surface area contributed by atoms with Crippen molar-refractivity contribution in [2.75, 3.05) is 20.3 Å². The summed E-state index contributed by atoms with van der Waals surface area (Å²) in [7, 11) is 1.56. The van der Waals surface area contributed by atoms with Crippen LogP contribution in [-0.4, -0.2) is 43.2 Å². The largest absolute Gasteiger partial charge is 0.383 e. The monoisotopic (exact) mass is 342 g/mol. The average Bonchev–Trinajstić information content (AvgIpc) is 2.51. The van der Waals surface area contributed by atoms with Gasteiger partial charge in [0.25, 0.3) is 11.8 Å². The summed E-state index contributed by atoms with van der Waals surface area (Å²) in [6, 6.07) is 5.48. The van der Waals surface area contributed by atoms with Crippen molar-refractivity contribution >= 4 is 29.1 Å². The SMILES string of the molecule is COC[C@@H](C)NC(=S)NNC(=O)CNC(=O)c1ccccc1F. The summed E-state index contributed by atoms with van der Waals surface area (Å²) in [6.45, 7) is 1.98. The number of rotatable bonds is 6. The number of carbonyl (C=O) groups excluding carboxylic acids is 2. The molecular formula is C14H19FN4O3S. The minimum Gasteiger partial charge on any atom is -0.383 e. The van der Waals surface area contributed by atoms with E-state index in [1.54, 1.807) is 7.11 Å². The van der Waals surface area contributed by atoms with Crippen molar-refractivity contribution in [3.05, 3.63) is 35.6 Å². The molecule has 1 aromatic rings. The summed E-state index contributed by atoms with van der Waals surface area (Å²) in [5.41, 5.74) is 4.67. The minimum atomic E-state index is -0.673. The number of benzene rings is 1. The molecule has 0 aliphatic heterocycles. The zero-order valence-corrected chi connectivity index (χ0v) is 13.6. The molecule has 1 aromatic carbocycles. The lowest BCUT2D eigenvalue weighted by atomic mass is 10.2. The molecule has 0 fully saturated rings. The molecule has 0 aliphatic rings. The normalized spacial score (nSPS) is 11.3. The molecule has 0 aliphatic carbocycles. The molecule has 126 valence electrons. The van der Waals surface area contributed by atoms with E-state index in [1.807, 2.05) is 6.92 Å². The summed E-state index contributed by atoms with van der Waals surface area (Å²) in [5.74, 6) is -1.85. The number of ether oxygens (including phenoxy) is 1. The Morgan fingerprint density at radius 2 is 2.00 bits per heavy atom. The molecular weight excluding hydrogens is 323 g/mol.